The number of halogens is 1. The first-order chi connectivity index (χ1) is 12.4. The number of hydrogen-bond acceptors (Lipinski definition) is 3. The molecule has 0 spiro atoms. The topological polar surface area (TPSA) is 57.7 Å². The largest absolute Gasteiger partial charge is 0.312 e. The van der Waals surface area contributed by atoms with Crippen LogP contribution in [0.1, 0.15) is 58.4 Å². The first-order valence-corrected chi connectivity index (χ1v) is 11.7. The molecule has 0 unspecified atom stereocenters. The molecule has 1 aliphatic rings. The van der Waals surface area contributed by atoms with Gasteiger partial charge in [0.05, 0.1) is 4.90 Å². The number of unbranched alkanes of at least 4 members (excludes halogenated alkanes) is 2. The van der Waals surface area contributed by atoms with E-state index in [-0.39, 0.29) is 10.8 Å². The maximum absolute atomic E-state index is 13.3. The Bertz CT molecular complexity index is 741. The van der Waals surface area contributed by atoms with E-state index in [0.29, 0.717) is 30.5 Å². The Balaban J connectivity index is 2.43. The van der Waals surface area contributed by atoms with Crippen molar-refractivity contribution in [1.82, 2.24) is 4.31 Å². The number of anilines is 1. The van der Waals surface area contributed by atoms with Crippen LogP contribution in [0.4, 0.5) is 5.69 Å². The minimum Gasteiger partial charge on any atom is -0.312 e. The zero-order valence-corrected chi connectivity index (χ0v) is 18.3. The highest BCUT2D eigenvalue weighted by Crippen LogP contribution is 2.37. The van der Waals surface area contributed by atoms with Gasteiger partial charge in [0.25, 0.3) is 0 Å². The van der Waals surface area contributed by atoms with E-state index in [1.54, 1.807) is 15.3 Å². The first-order valence-electron chi connectivity index (χ1n) is 9.49. The number of sulfonamides is 1. The van der Waals surface area contributed by atoms with Crippen molar-refractivity contribution >= 4 is 37.5 Å². The van der Waals surface area contributed by atoms with Crippen molar-refractivity contribution in [2.45, 2.75) is 64.2 Å². The van der Waals surface area contributed by atoms with E-state index in [9.17, 15) is 13.2 Å². The van der Waals surface area contributed by atoms with Gasteiger partial charge < -0.3 is 4.90 Å². The van der Waals surface area contributed by atoms with Gasteiger partial charge in [-0.1, -0.05) is 33.6 Å². The monoisotopic (exact) mass is 444 g/mol. The lowest BCUT2D eigenvalue weighted by atomic mass is 10.2. The lowest BCUT2D eigenvalue weighted by molar-refractivity contribution is -0.118. The Morgan fingerprint density at radius 3 is 2.31 bits per heavy atom. The lowest BCUT2D eigenvalue weighted by Gasteiger charge is -2.24. The van der Waals surface area contributed by atoms with Crippen molar-refractivity contribution in [2.24, 2.45) is 0 Å². The second kappa shape index (κ2) is 9.33. The number of carbonyl (C=O) groups is 1. The summed E-state index contributed by atoms with van der Waals surface area (Å²) >= 11 is 3.46. The summed E-state index contributed by atoms with van der Waals surface area (Å²) in [5.41, 5.74) is 1.76. The molecule has 7 heteroatoms. The van der Waals surface area contributed by atoms with E-state index in [1.165, 1.54) is 0 Å². The predicted octanol–water partition coefficient (Wildman–Crippen LogP) is 4.34. The van der Waals surface area contributed by atoms with Crippen LogP contribution in [0.5, 0.6) is 0 Å². The highest BCUT2D eigenvalue weighted by atomic mass is 79.9. The fourth-order valence-electron chi connectivity index (χ4n) is 3.20. The summed E-state index contributed by atoms with van der Waals surface area (Å²) in [7, 11) is -3.61. The SMILES string of the molecule is CCCCN(CCCC)S(=O)(=O)c1cc2c(cc1Br)CCN2C(=O)CC. The summed E-state index contributed by atoms with van der Waals surface area (Å²) in [5.74, 6) is 0.0308. The number of nitrogens with zero attached hydrogens (tertiary/aromatic N) is 2. The third-order valence-electron chi connectivity index (χ3n) is 4.77. The van der Waals surface area contributed by atoms with Gasteiger partial charge in [-0.25, -0.2) is 8.42 Å². The zero-order valence-electron chi connectivity index (χ0n) is 15.9. The molecule has 0 aromatic heterocycles. The number of carbonyl (C=O) groups excluding carboxylic acids is 1. The van der Waals surface area contributed by atoms with Gasteiger partial charge in [-0.2, -0.15) is 4.31 Å². The van der Waals surface area contributed by atoms with Gasteiger partial charge in [-0.15, -0.1) is 0 Å². The van der Waals surface area contributed by atoms with Crippen LogP contribution >= 0.6 is 15.9 Å². The third-order valence-corrected chi connectivity index (χ3v) is 7.63. The van der Waals surface area contributed by atoms with Gasteiger partial charge in [0, 0.05) is 36.2 Å². The van der Waals surface area contributed by atoms with Crippen molar-refractivity contribution in [1.29, 1.82) is 0 Å². The molecule has 0 aliphatic carbocycles. The van der Waals surface area contributed by atoms with E-state index in [2.05, 4.69) is 29.8 Å². The average molecular weight is 445 g/mol. The van der Waals surface area contributed by atoms with Crippen LogP contribution in [-0.4, -0.2) is 38.3 Å². The molecular formula is C19H29BrN2O3S. The van der Waals surface area contributed by atoms with E-state index in [1.807, 2.05) is 13.0 Å². The molecule has 0 saturated carbocycles. The molecule has 1 heterocycles. The molecule has 0 N–H and O–H groups in total. The molecule has 1 aromatic rings. The standard InChI is InChI=1S/C19H29BrN2O3S/c1-4-7-10-21(11-8-5-2)26(24,25)18-14-17-15(13-16(18)20)9-12-22(17)19(23)6-3/h13-14H,4-12H2,1-3H3. The van der Waals surface area contributed by atoms with Crippen LogP contribution in [0.2, 0.25) is 0 Å². The molecule has 0 fully saturated rings. The second-order valence-electron chi connectivity index (χ2n) is 6.67. The fourth-order valence-corrected chi connectivity index (χ4v) is 5.78. The lowest BCUT2D eigenvalue weighted by Crippen LogP contribution is -2.33. The zero-order chi connectivity index (χ0) is 19.3. The molecule has 1 aromatic carbocycles. The minimum absolute atomic E-state index is 0.0308. The van der Waals surface area contributed by atoms with Gasteiger partial charge in [0.2, 0.25) is 15.9 Å². The van der Waals surface area contributed by atoms with Crippen LogP contribution in [0.3, 0.4) is 0 Å². The highest BCUT2D eigenvalue weighted by molar-refractivity contribution is 9.10. The van der Waals surface area contributed by atoms with Gasteiger partial charge >= 0.3 is 0 Å². The predicted molar refractivity (Wildman–Crippen MR) is 109 cm³/mol. The highest BCUT2D eigenvalue weighted by Gasteiger charge is 2.31. The Kier molecular flexibility index (Phi) is 7.67. The molecule has 0 saturated heterocycles. The van der Waals surface area contributed by atoms with Crippen molar-refractivity contribution < 1.29 is 13.2 Å². The summed E-state index contributed by atoms with van der Waals surface area (Å²) in [6, 6.07) is 3.54. The average Bonchev–Trinajstić information content (AvgIpc) is 3.02. The maximum Gasteiger partial charge on any atom is 0.244 e. The van der Waals surface area contributed by atoms with E-state index < -0.39 is 10.0 Å². The van der Waals surface area contributed by atoms with Gasteiger partial charge in [-0.3, -0.25) is 4.79 Å². The summed E-state index contributed by atoms with van der Waals surface area (Å²) in [4.78, 5) is 14.2. The molecule has 0 radical (unpaired) electrons. The Hall–Kier alpha value is -0.920. The van der Waals surface area contributed by atoms with Gasteiger partial charge in [-0.05, 0) is 52.9 Å². The van der Waals surface area contributed by atoms with Crippen LogP contribution in [-0.2, 0) is 21.2 Å². The summed E-state index contributed by atoms with van der Waals surface area (Å²) in [5, 5.41) is 0. The molecule has 26 heavy (non-hydrogen) atoms. The summed E-state index contributed by atoms with van der Waals surface area (Å²) < 4.78 is 28.8. The minimum atomic E-state index is -3.61. The normalized spacial score (nSPS) is 14.1. The second-order valence-corrected chi connectivity index (χ2v) is 9.43. The Morgan fingerprint density at radius 2 is 1.77 bits per heavy atom. The molecular weight excluding hydrogens is 416 g/mol. The number of amides is 1. The van der Waals surface area contributed by atoms with Crippen LogP contribution in [0.25, 0.3) is 0 Å². The van der Waals surface area contributed by atoms with Crippen molar-refractivity contribution in [3.8, 4) is 0 Å². The molecule has 0 bridgehead atoms. The van der Waals surface area contributed by atoms with Gasteiger partial charge in [0.15, 0.2) is 0 Å². The van der Waals surface area contributed by atoms with Crippen molar-refractivity contribution in [3.05, 3.63) is 22.2 Å². The fraction of sp³-hybridized carbons (Fsp3) is 0.632. The number of hydrogen-bond donors (Lipinski definition) is 0. The summed E-state index contributed by atoms with van der Waals surface area (Å²) in [6.45, 7) is 7.62. The summed E-state index contributed by atoms with van der Waals surface area (Å²) in [6.07, 6.45) is 4.74. The maximum atomic E-state index is 13.3. The number of benzene rings is 1. The molecule has 146 valence electrons. The smallest absolute Gasteiger partial charge is 0.244 e. The Labute approximate surface area is 165 Å². The molecule has 1 aliphatic heterocycles. The molecule has 5 nitrogen and oxygen atoms in total. The Morgan fingerprint density at radius 1 is 1.15 bits per heavy atom. The number of fused-ring (bicyclic) bond motifs is 1. The number of rotatable bonds is 9. The van der Waals surface area contributed by atoms with Crippen molar-refractivity contribution in [3.63, 3.8) is 0 Å². The van der Waals surface area contributed by atoms with E-state index in [4.69, 9.17) is 0 Å². The van der Waals surface area contributed by atoms with Gasteiger partial charge in [0.1, 0.15) is 0 Å². The third kappa shape index (κ3) is 4.49. The van der Waals surface area contributed by atoms with Crippen molar-refractivity contribution in [2.75, 3.05) is 24.5 Å². The molecule has 1 amide bonds. The van der Waals surface area contributed by atoms with Crippen LogP contribution in [0.15, 0.2) is 21.5 Å². The van der Waals surface area contributed by atoms with E-state index in [0.717, 1.165) is 43.4 Å². The van der Waals surface area contributed by atoms with Crippen LogP contribution in [0, 0.1) is 0 Å². The van der Waals surface area contributed by atoms with Crippen LogP contribution < -0.4 is 4.90 Å². The first kappa shape index (κ1) is 21.4. The molecule has 2 rings (SSSR count). The van der Waals surface area contributed by atoms with E-state index >= 15 is 0 Å². The quantitative estimate of drug-likeness (QED) is 0.568. The molecule has 0 atom stereocenters.